The molecule has 1 rings (SSSR count). The van der Waals surface area contributed by atoms with Crippen LogP contribution in [0, 0.1) is 5.21 Å². The molecule has 102 valence electrons. The van der Waals surface area contributed by atoms with Gasteiger partial charge in [0, 0.05) is 13.8 Å². The molecule has 1 saturated heterocycles. The minimum atomic E-state index is -1.09. The Labute approximate surface area is 103 Å². The van der Waals surface area contributed by atoms with Crippen LogP contribution >= 0.6 is 0 Å². The van der Waals surface area contributed by atoms with E-state index in [0.29, 0.717) is 12.8 Å². The number of esters is 1. The SMILES string of the molecule is CC(=O)OC(C)ON=[N+]([O-])N1CCC[C@H]1C(=O)O. The van der Waals surface area contributed by atoms with E-state index in [4.69, 9.17) is 5.11 Å². The fourth-order valence-corrected chi connectivity index (χ4v) is 1.62. The van der Waals surface area contributed by atoms with E-state index < -0.39 is 24.3 Å². The van der Waals surface area contributed by atoms with Crippen LogP contribution in [0.15, 0.2) is 5.28 Å². The summed E-state index contributed by atoms with van der Waals surface area (Å²) >= 11 is 0. The number of carboxylic acids is 1. The highest BCUT2D eigenvalue weighted by atomic mass is 16.8. The Morgan fingerprint density at radius 1 is 1.61 bits per heavy atom. The third-order valence-electron chi connectivity index (χ3n) is 2.33. The monoisotopic (exact) mass is 261 g/mol. The van der Waals surface area contributed by atoms with Gasteiger partial charge < -0.3 is 15.1 Å². The minimum absolute atomic E-state index is 0.0752. The van der Waals surface area contributed by atoms with E-state index in [2.05, 4.69) is 14.9 Å². The number of hydrogen-bond donors (Lipinski definition) is 1. The normalized spacial score (nSPS) is 21.6. The van der Waals surface area contributed by atoms with Crippen LogP contribution in [-0.4, -0.2) is 45.9 Å². The summed E-state index contributed by atoms with van der Waals surface area (Å²) in [7, 11) is 0. The quantitative estimate of drug-likeness (QED) is 0.248. The van der Waals surface area contributed by atoms with Gasteiger partial charge in [0.1, 0.15) is 0 Å². The second-order valence-corrected chi connectivity index (χ2v) is 3.78. The number of carbonyl (C=O) groups excluding carboxylic acids is 1. The van der Waals surface area contributed by atoms with Crippen LogP contribution in [0.3, 0.4) is 0 Å². The number of ether oxygens (including phenoxy) is 1. The van der Waals surface area contributed by atoms with Gasteiger partial charge in [0.05, 0.1) is 11.5 Å². The predicted molar refractivity (Wildman–Crippen MR) is 55.7 cm³/mol. The number of hydrogen-bond acceptors (Lipinski definition) is 6. The molecular formula is C9H15N3O6. The molecule has 1 aliphatic heterocycles. The van der Waals surface area contributed by atoms with E-state index in [1.807, 2.05) is 0 Å². The van der Waals surface area contributed by atoms with Gasteiger partial charge in [0.15, 0.2) is 6.04 Å². The average molecular weight is 261 g/mol. The van der Waals surface area contributed by atoms with Crippen molar-refractivity contribution in [2.24, 2.45) is 5.28 Å². The summed E-state index contributed by atoms with van der Waals surface area (Å²) in [6, 6.07) is -0.904. The lowest BCUT2D eigenvalue weighted by atomic mass is 10.2. The highest BCUT2D eigenvalue weighted by Gasteiger charge is 2.36. The number of rotatable bonds is 5. The van der Waals surface area contributed by atoms with E-state index >= 15 is 0 Å². The van der Waals surface area contributed by atoms with Gasteiger partial charge in [-0.05, 0) is 12.8 Å². The summed E-state index contributed by atoms with van der Waals surface area (Å²) in [5, 5.41) is 24.6. The third kappa shape index (κ3) is 3.75. The van der Waals surface area contributed by atoms with Gasteiger partial charge in [-0.25, -0.2) is 4.79 Å². The fraction of sp³-hybridized carbons (Fsp3) is 0.778. The van der Waals surface area contributed by atoms with E-state index in [9.17, 15) is 14.8 Å². The number of hydrazine groups is 1. The van der Waals surface area contributed by atoms with E-state index in [-0.39, 0.29) is 11.5 Å². The molecule has 0 radical (unpaired) electrons. The van der Waals surface area contributed by atoms with Gasteiger partial charge in [-0.3, -0.25) is 9.63 Å². The smallest absolute Gasteiger partial charge is 0.332 e. The number of carboxylic acid groups (broad SMARTS) is 1. The molecule has 1 fully saturated rings. The van der Waals surface area contributed by atoms with Crippen molar-refractivity contribution in [1.29, 1.82) is 0 Å². The number of nitrogens with zero attached hydrogens (tertiary/aromatic N) is 3. The molecule has 0 bridgehead atoms. The van der Waals surface area contributed by atoms with Crippen LogP contribution < -0.4 is 0 Å². The molecular weight excluding hydrogens is 246 g/mol. The first-order chi connectivity index (χ1) is 8.41. The molecule has 0 saturated carbocycles. The molecule has 1 unspecified atom stereocenters. The third-order valence-corrected chi connectivity index (χ3v) is 2.33. The van der Waals surface area contributed by atoms with Gasteiger partial charge in [-0.1, -0.05) is 0 Å². The molecule has 9 nitrogen and oxygen atoms in total. The standard InChI is InChI=1S/C9H15N3O6/c1-6(13)17-7(2)18-10-12(16)11-5-3-4-8(11)9(14)15/h7-8H,3-5H2,1-2H3,(H,14,15)/t7?,8-/m0/s1. The van der Waals surface area contributed by atoms with Crippen molar-refractivity contribution < 1.29 is 29.2 Å². The lowest BCUT2D eigenvalue weighted by Gasteiger charge is -2.16. The largest absolute Gasteiger partial charge is 0.569 e. The molecule has 0 amide bonds. The highest BCUT2D eigenvalue weighted by molar-refractivity contribution is 5.73. The summed E-state index contributed by atoms with van der Waals surface area (Å²) in [5.41, 5.74) is 0. The van der Waals surface area contributed by atoms with Gasteiger partial charge in [-0.2, -0.15) is 0 Å². The molecule has 0 aromatic rings. The Bertz CT molecular complexity index is 358. The summed E-state index contributed by atoms with van der Waals surface area (Å²) in [6.45, 7) is 2.86. The molecule has 0 spiro atoms. The maximum atomic E-state index is 11.5. The Balaban J connectivity index is 2.55. The number of aliphatic carboxylic acids is 1. The van der Waals surface area contributed by atoms with E-state index in [1.54, 1.807) is 0 Å². The second kappa shape index (κ2) is 6.03. The van der Waals surface area contributed by atoms with Gasteiger partial charge >= 0.3 is 11.9 Å². The molecule has 9 heteroatoms. The Kier molecular flexibility index (Phi) is 4.69. The van der Waals surface area contributed by atoms with Crippen molar-refractivity contribution in [2.75, 3.05) is 6.54 Å². The minimum Gasteiger partial charge on any atom is -0.569 e. The zero-order valence-corrected chi connectivity index (χ0v) is 10.1. The van der Waals surface area contributed by atoms with Crippen LogP contribution in [0.4, 0.5) is 0 Å². The fourth-order valence-electron chi connectivity index (χ4n) is 1.62. The van der Waals surface area contributed by atoms with Crippen molar-refractivity contribution in [3.8, 4) is 0 Å². The lowest BCUT2D eigenvalue weighted by molar-refractivity contribution is -0.714. The van der Waals surface area contributed by atoms with Gasteiger partial charge in [0.25, 0.3) is 6.29 Å². The Morgan fingerprint density at radius 2 is 2.28 bits per heavy atom. The topological polar surface area (TPSA) is 114 Å². The van der Waals surface area contributed by atoms with E-state index in [0.717, 1.165) is 5.01 Å². The van der Waals surface area contributed by atoms with Crippen molar-refractivity contribution >= 4 is 11.9 Å². The van der Waals surface area contributed by atoms with Gasteiger partial charge in [-0.15, -0.1) is 5.01 Å². The maximum absolute atomic E-state index is 11.5. The van der Waals surface area contributed by atoms with E-state index in [1.165, 1.54) is 13.8 Å². The second-order valence-electron chi connectivity index (χ2n) is 3.78. The molecule has 0 aliphatic carbocycles. The molecule has 0 aromatic heterocycles. The van der Waals surface area contributed by atoms with Crippen molar-refractivity contribution in [1.82, 2.24) is 5.01 Å². The Hall–Kier alpha value is -2.06. The molecule has 18 heavy (non-hydrogen) atoms. The van der Waals surface area contributed by atoms with Gasteiger partial charge in [0.2, 0.25) is 5.28 Å². The summed E-state index contributed by atoms with van der Waals surface area (Å²) in [6.07, 6.45) is -0.0433. The zero-order chi connectivity index (χ0) is 13.7. The first kappa shape index (κ1) is 14.0. The molecule has 1 heterocycles. The lowest BCUT2D eigenvalue weighted by Crippen LogP contribution is -2.40. The predicted octanol–water partition coefficient (Wildman–Crippen LogP) is 0.254. The van der Waals surface area contributed by atoms with Crippen LogP contribution in [0.1, 0.15) is 26.7 Å². The van der Waals surface area contributed by atoms with Crippen LogP contribution in [0.5, 0.6) is 0 Å². The van der Waals surface area contributed by atoms with Crippen LogP contribution in [0.25, 0.3) is 0 Å². The van der Waals surface area contributed by atoms with Crippen molar-refractivity contribution in [3.05, 3.63) is 5.21 Å². The summed E-state index contributed by atoms with van der Waals surface area (Å²) < 4.78 is 4.58. The molecule has 1 aliphatic rings. The first-order valence-electron chi connectivity index (χ1n) is 5.42. The average Bonchev–Trinajstić information content (AvgIpc) is 2.73. The maximum Gasteiger partial charge on any atom is 0.332 e. The van der Waals surface area contributed by atoms with Crippen molar-refractivity contribution in [2.45, 2.75) is 39.0 Å². The first-order valence-corrected chi connectivity index (χ1v) is 5.42. The van der Waals surface area contributed by atoms with Crippen molar-refractivity contribution in [3.63, 3.8) is 0 Å². The zero-order valence-electron chi connectivity index (χ0n) is 10.1. The summed E-state index contributed by atoms with van der Waals surface area (Å²) in [5.74, 6) is -1.66. The number of carbonyl (C=O) groups is 2. The van der Waals surface area contributed by atoms with Crippen LogP contribution in [0.2, 0.25) is 0 Å². The molecule has 1 N–H and O–H groups in total. The van der Waals surface area contributed by atoms with Crippen LogP contribution in [-0.2, 0) is 19.2 Å². The molecule has 0 aromatic carbocycles. The summed E-state index contributed by atoms with van der Waals surface area (Å²) in [4.78, 5) is 26.1. The highest BCUT2D eigenvalue weighted by Crippen LogP contribution is 2.17. The Morgan fingerprint density at radius 3 is 2.83 bits per heavy atom. The molecule has 2 atom stereocenters.